The Morgan fingerprint density at radius 1 is 1.10 bits per heavy atom. The fraction of sp³-hybridized carbons (Fsp3) is 0.364. The highest BCUT2D eigenvalue weighted by atomic mass is 32.2. The smallest absolute Gasteiger partial charge is 0.238 e. The summed E-state index contributed by atoms with van der Waals surface area (Å²) in [5.41, 5.74) is 4.44. The molecule has 1 aliphatic carbocycles. The van der Waals surface area contributed by atoms with Gasteiger partial charge >= 0.3 is 0 Å². The van der Waals surface area contributed by atoms with Gasteiger partial charge in [0.15, 0.2) is 0 Å². The Morgan fingerprint density at radius 2 is 1.83 bits per heavy atom. The summed E-state index contributed by atoms with van der Waals surface area (Å²) in [5, 5.41) is 7.98. The Morgan fingerprint density at radius 3 is 2.57 bits per heavy atom. The van der Waals surface area contributed by atoms with Crippen LogP contribution in [0.2, 0.25) is 0 Å². The second-order valence-corrected chi connectivity index (χ2v) is 9.50. The molecule has 0 spiro atoms. The number of amides is 2. The van der Waals surface area contributed by atoms with E-state index in [0.717, 1.165) is 30.5 Å². The summed E-state index contributed by atoms with van der Waals surface area (Å²) in [5.74, 6) is -0.518. The first-order valence-corrected chi connectivity index (χ1v) is 11.7. The van der Waals surface area contributed by atoms with E-state index in [0.29, 0.717) is 19.5 Å². The Hall–Kier alpha value is -2.71. The molecule has 1 heterocycles. The number of primary sulfonamides is 1. The van der Waals surface area contributed by atoms with E-state index in [4.69, 9.17) is 5.14 Å². The number of hydrogen-bond donors (Lipinski definition) is 2. The van der Waals surface area contributed by atoms with Gasteiger partial charge in [-0.2, -0.15) is 0 Å². The normalized spacial score (nSPS) is 18.5. The summed E-state index contributed by atoms with van der Waals surface area (Å²) >= 11 is 0. The molecule has 0 radical (unpaired) electrons. The van der Waals surface area contributed by atoms with Gasteiger partial charge in [0.1, 0.15) is 0 Å². The molecule has 1 fully saturated rings. The fourth-order valence-corrected chi connectivity index (χ4v) is 4.69. The minimum atomic E-state index is -3.71. The maximum absolute atomic E-state index is 12.5. The van der Waals surface area contributed by atoms with Crippen LogP contribution in [-0.2, 0) is 38.9 Å². The largest absolute Gasteiger partial charge is 0.355 e. The lowest BCUT2D eigenvalue weighted by molar-refractivity contribution is -0.126. The first kappa shape index (κ1) is 20.6. The number of fused-ring (bicyclic) bond motifs is 1. The van der Waals surface area contributed by atoms with Crippen LogP contribution in [0.1, 0.15) is 29.5 Å². The number of sulfonamides is 1. The summed E-state index contributed by atoms with van der Waals surface area (Å²) in [6.07, 6.45) is 4.08. The Bertz CT molecular complexity index is 1080. The van der Waals surface area contributed by atoms with Crippen LogP contribution < -0.4 is 15.4 Å². The van der Waals surface area contributed by atoms with Gasteiger partial charge in [0.05, 0.1) is 10.8 Å². The van der Waals surface area contributed by atoms with E-state index in [1.165, 1.54) is 23.3 Å². The van der Waals surface area contributed by atoms with Gasteiger partial charge in [0.2, 0.25) is 21.8 Å². The van der Waals surface area contributed by atoms with Crippen LogP contribution >= 0.6 is 0 Å². The number of carbonyl (C=O) groups excluding carboxylic acids is 2. The molecule has 1 aliphatic heterocycles. The van der Waals surface area contributed by atoms with Crippen LogP contribution in [0.3, 0.4) is 0 Å². The highest BCUT2D eigenvalue weighted by Crippen LogP contribution is 2.30. The van der Waals surface area contributed by atoms with Crippen LogP contribution in [0, 0.1) is 5.92 Å². The molecule has 2 aromatic rings. The predicted molar refractivity (Wildman–Crippen MR) is 113 cm³/mol. The number of rotatable bonds is 6. The highest BCUT2D eigenvalue weighted by molar-refractivity contribution is 7.89. The van der Waals surface area contributed by atoms with Gasteiger partial charge < -0.3 is 10.2 Å². The first-order valence-electron chi connectivity index (χ1n) is 10.1. The molecule has 1 saturated heterocycles. The number of carbonyl (C=O) groups is 2. The molecule has 0 bridgehead atoms. The maximum Gasteiger partial charge on any atom is 0.238 e. The number of nitrogens with zero attached hydrogens (tertiary/aromatic N) is 1. The highest BCUT2D eigenvalue weighted by Gasteiger charge is 2.35. The number of aryl methyl sites for hydroxylation is 2. The molecule has 0 aromatic heterocycles. The van der Waals surface area contributed by atoms with Crippen LogP contribution in [-0.4, -0.2) is 33.3 Å². The van der Waals surface area contributed by atoms with E-state index in [2.05, 4.69) is 17.4 Å². The van der Waals surface area contributed by atoms with E-state index in [1.807, 2.05) is 6.07 Å². The van der Waals surface area contributed by atoms with E-state index in [1.54, 1.807) is 17.0 Å². The lowest BCUT2D eigenvalue weighted by Crippen LogP contribution is -2.34. The van der Waals surface area contributed by atoms with Crippen LogP contribution in [0.15, 0.2) is 47.4 Å². The van der Waals surface area contributed by atoms with Crippen molar-refractivity contribution in [3.63, 3.8) is 0 Å². The van der Waals surface area contributed by atoms with Gasteiger partial charge in [-0.25, -0.2) is 13.6 Å². The van der Waals surface area contributed by atoms with Gasteiger partial charge in [-0.15, -0.1) is 0 Å². The molecule has 1 unspecified atom stereocenters. The van der Waals surface area contributed by atoms with Gasteiger partial charge in [0.25, 0.3) is 0 Å². The Kier molecular flexibility index (Phi) is 5.62. The topological polar surface area (TPSA) is 110 Å². The molecule has 2 aromatic carbocycles. The third-order valence-corrected chi connectivity index (χ3v) is 6.78. The SMILES string of the molecule is NS(=O)(=O)c1ccc(CCNC(=O)C2CC(=O)N(c3ccc4c(c3)CCC4)C2)cc1. The van der Waals surface area contributed by atoms with Crippen molar-refractivity contribution in [2.24, 2.45) is 11.1 Å². The number of hydrogen-bond acceptors (Lipinski definition) is 4. The minimum absolute atomic E-state index is 0.0216. The van der Waals surface area contributed by atoms with Crippen LogP contribution in [0.25, 0.3) is 0 Å². The van der Waals surface area contributed by atoms with Crippen molar-refractivity contribution in [3.8, 4) is 0 Å². The summed E-state index contributed by atoms with van der Waals surface area (Å²) in [6, 6.07) is 12.4. The lowest BCUT2D eigenvalue weighted by Gasteiger charge is -2.18. The van der Waals surface area contributed by atoms with E-state index in [9.17, 15) is 18.0 Å². The average Bonchev–Trinajstić information content (AvgIpc) is 3.33. The van der Waals surface area contributed by atoms with Crippen LogP contribution in [0.4, 0.5) is 5.69 Å². The second kappa shape index (κ2) is 8.20. The summed E-state index contributed by atoms with van der Waals surface area (Å²) in [6.45, 7) is 0.809. The molecule has 1 atom stereocenters. The zero-order chi connectivity index (χ0) is 21.3. The lowest BCUT2D eigenvalue weighted by atomic mass is 10.1. The van der Waals surface area contributed by atoms with Crippen LogP contribution in [0.5, 0.6) is 0 Å². The molecular formula is C22H25N3O4S. The third-order valence-electron chi connectivity index (χ3n) is 5.85. The molecule has 0 saturated carbocycles. The zero-order valence-corrected chi connectivity index (χ0v) is 17.5. The van der Waals surface area contributed by atoms with Gasteiger partial charge in [-0.05, 0) is 66.6 Å². The van der Waals surface area contributed by atoms with Crippen molar-refractivity contribution in [1.82, 2.24) is 5.32 Å². The molecule has 8 heteroatoms. The van der Waals surface area contributed by atoms with Gasteiger partial charge in [0, 0.05) is 25.2 Å². The first-order chi connectivity index (χ1) is 14.3. The molecule has 158 valence electrons. The molecule has 2 amide bonds. The number of nitrogens with one attached hydrogen (secondary N) is 1. The summed E-state index contributed by atoms with van der Waals surface area (Å²) in [7, 11) is -3.71. The van der Waals surface area contributed by atoms with E-state index in [-0.39, 0.29) is 29.0 Å². The van der Waals surface area contributed by atoms with Crippen molar-refractivity contribution in [2.75, 3.05) is 18.0 Å². The Labute approximate surface area is 176 Å². The van der Waals surface area contributed by atoms with Crippen molar-refractivity contribution in [1.29, 1.82) is 0 Å². The Balaban J connectivity index is 1.31. The molecule has 3 N–H and O–H groups in total. The number of anilines is 1. The van der Waals surface area contributed by atoms with Crippen molar-refractivity contribution in [2.45, 2.75) is 37.0 Å². The van der Waals surface area contributed by atoms with E-state index < -0.39 is 10.0 Å². The van der Waals surface area contributed by atoms with Crippen molar-refractivity contribution >= 4 is 27.5 Å². The van der Waals surface area contributed by atoms with E-state index >= 15 is 0 Å². The minimum Gasteiger partial charge on any atom is -0.355 e. The molecular weight excluding hydrogens is 402 g/mol. The number of nitrogens with two attached hydrogens (primary N) is 1. The quantitative estimate of drug-likeness (QED) is 0.729. The molecule has 30 heavy (non-hydrogen) atoms. The van der Waals surface area contributed by atoms with Crippen molar-refractivity contribution < 1.29 is 18.0 Å². The third kappa shape index (κ3) is 4.39. The second-order valence-electron chi connectivity index (χ2n) is 7.94. The predicted octanol–water partition coefficient (Wildman–Crippen LogP) is 1.53. The summed E-state index contributed by atoms with van der Waals surface area (Å²) < 4.78 is 22.6. The van der Waals surface area contributed by atoms with Crippen molar-refractivity contribution in [3.05, 3.63) is 59.2 Å². The maximum atomic E-state index is 12.5. The zero-order valence-electron chi connectivity index (χ0n) is 16.6. The monoisotopic (exact) mass is 427 g/mol. The molecule has 7 nitrogen and oxygen atoms in total. The number of benzene rings is 2. The molecule has 4 rings (SSSR count). The van der Waals surface area contributed by atoms with Gasteiger partial charge in [-0.3, -0.25) is 9.59 Å². The summed E-state index contributed by atoms with van der Waals surface area (Å²) in [4.78, 5) is 26.8. The fourth-order valence-electron chi connectivity index (χ4n) is 4.18. The standard InChI is InChI=1S/C22H25N3O4S/c23-30(28,29)20-8-4-15(5-9-20)10-11-24-22(27)18-13-21(26)25(14-18)19-7-6-16-2-1-3-17(16)12-19/h4-9,12,18H,1-3,10-11,13-14H2,(H,24,27)(H2,23,28,29). The molecule has 2 aliphatic rings. The average molecular weight is 428 g/mol. The van der Waals surface area contributed by atoms with Gasteiger partial charge in [-0.1, -0.05) is 18.2 Å².